The molecule has 0 bridgehead atoms. The van der Waals surface area contributed by atoms with Crippen LogP contribution >= 0.6 is 0 Å². The summed E-state index contributed by atoms with van der Waals surface area (Å²) >= 11 is 0. The van der Waals surface area contributed by atoms with Crippen molar-refractivity contribution in [3.8, 4) is 0 Å². The first-order valence-electron chi connectivity index (χ1n) is 6.25. The van der Waals surface area contributed by atoms with Crippen LogP contribution in [0.15, 0.2) is 0 Å². The first-order chi connectivity index (χ1) is 8.01. The summed E-state index contributed by atoms with van der Waals surface area (Å²) in [5, 5.41) is 9.02. The minimum Gasteiger partial charge on any atom is -0.481 e. The molecule has 1 aliphatic heterocycles. The Morgan fingerprint density at radius 2 is 1.94 bits per heavy atom. The number of carboxylic acids is 1. The molecule has 1 aliphatic rings. The first kappa shape index (κ1) is 14.0. The molecule has 0 aliphatic carbocycles. The normalized spacial score (nSPS) is 24.9. The SMILES string of the molecule is CCN(CC)C(=O)CN1CCC(C(=O)O)C1C. The Morgan fingerprint density at radius 1 is 1.35 bits per heavy atom. The molecule has 17 heavy (non-hydrogen) atoms. The van der Waals surface area contributed by atoms with E-state index >= 15 is 0 Å². The molecular formula is C12H22N2O3. The lowest BCUT2D eigenvalue weighted by Crippen LogP contribution is -2.42. The summed E-state index contributed by atoms with van der Waals surface area (Å²) in [4.78, 5) is 26.6. The van der Waals surface area contributed by atoms with Crippen molar-refractivity contribution in [3.63, 3.8) is 0 Å². The van der Waals surface area contributed by atoms with Crippen molar-refractivity contribution < 1.29 is 14.7 Å². The zero-order valence-corrected chi connectivity index (χ0v) is 10.8. The second-order valence-corrected chi connectivity index (χ2v) is 4.51. The molecule has 0 aromatic carbocycles. The number of hydrogen-bond acceptors (Lipinski definition) is 3. The Balaban J connectivity index is 2.53. The van der Waals surface area contributed by atoms with Gasteiger partial charge in [0.25, 0.3) is 0 Å². The van der Waals surface area contributed by atoms with E-state index < -0.39 is 5.97 Å². The molecule has 98 valence electrons. The molecule has 0 spiro atoms. The van der Waals surface area contributed by atoms with E-state index in [1.165, 1.54) is 0 Å². The number of amides is 1. The van der Waals surface area contributed by atoms with E-state index in [1.807, 2.05) is 25.7 Å². The van der Waals surface area contributed by atoms with Crippen molar-refractivity contribution in [3.05, 3.63) is 0 Å². The van der Waals surface area contributed by atoms with Crippen LogP contribution in [0.5, 0.6) is 0 Å². The average Bonchev–Trinajstić information content (AvgIpc) is 2.62. The van der Waals surface area contributed by atoms with Gasteiger partial charge in [-0.25, -0.2) is 0 Å². The molecule has 5 heteroatoms. The molecule has 0 radical (unpaired) electrons. The van der Waals surface area contributed by atoms with E-state index in [1.54, 1.807) is 4.90 Å². The highest BCUT2D eigenvalue weighted by molar-refractivity contribution is 5.78. The molecule has 1 rings (SSSR count). The third kappa shape index (κ3) is 3.19. The molecule has 0 aromatic rings. The van der Waals surface area contributed by atoms with Crippen LogP contribution < -0.4 is 0 Å². The standard InChI is InChI=1S/C12H22N2O3/c1-4-13(5-2)11(15)8-14-7-6-10(9(14)3)12(16)17/h9-10H,4-8H2,1-3H3,(H,16,17). The summed E-state index contributed by atoms with van der Waals surface area (Å²) in [6.45, 7) is 8.25. The monoisotopic (exact) mass is 242 g/mol. The fourth-order valence-electron chi connectivity index (χ4n) is 2.41. The molecule has 5 nitrogen and oxygen atoms in total. The number of nitrogens with zero attached hydrogens (tertiary/aromatic N) is 2. The third-order valence-corrected chi connectivity index (χ3v) is 3.66. The number of hydrogen-bond donors (Lipinski definition) is 1. The Hall–Kier alpha value is -1.10. The molecule has 1 amide bonds. The molecule has 0 saturated carbocycles. The minimum atomic E-state index is -0.754. The lowest BCUT2D eigenvalue weighted by molar-refractivity contribution is -0.143. The van der Waals surface area contributed by atoms with E-state index in [-0.39, 0.29) is 17.9 Å². The van der Waals surface area contributed by atoms with Crippen LogP contribution in [0.1, 0.15) is 27.2 Å². The van der Waals surface area contributed by atoms with E-state index in [9.17, 15) is 9.59 Å². The first-order valence-corrected chi connectivity index (χ1v) is 6.25. The fourth-order valence-corrected chi connectivity index (χ4v) is 2.41. The highest BCUT2D eigenvalue weighted by Crippen LogP contribution is 2.23. The summed E-state index contributed by atoms with van der Waals surface area (Å²) in [5.74, 6) is -0.998. The average molecular weight is 242 g/mol. The van der Waals surface area contributed by atoms with Gasteiger partial charge in [0.15, 0.2) is 0 Å². The quantitative estimate of drug-likeness (QED) is 0.769. The van der Waals surface area contributed by atoms with Crippen molar-refractivity contribution in [1.29, 1.82) is 0 Å². The minimum absolute atomic E-state index is 0.0491. The summed E-state index contributed by atoms with van der Waals surface area (Å²) in [7, 11) is 0. The van der Waals surface area contributed by atoms with Crippen LogP contribution in [0, 0.1) is 5.92 Å². The number of likely N-dealkylation sites (N-methyl/N-ethyl adjacent to an activating group) is 1. The summed E-state index contributed by atoms with van der Waals surface area (Å²) in [6, 6.07) is -0.0491. The molecule has 2 atom stereocenters. The predicted molar refractivity (Wildman–Crippen MR) is 64.7 cm³/mol. The number of likely N-dealkylation sites (tertiary alicyclic amines) is 1. The molecule has 2 unspecified atom stereocenters. The van der Waals surface area contributed by atoms with Gasteiger partial charge < -0.3 is 10.0 Å². The number of carboxylic acid groups (broad SMARTS) is 1. The van der Waals surface area contributed by atoms with E-state index in [4.69, 9.17) is 5.11 Å². The fraction of sp³-hybridized carbons (Fsp3) is 0.833. The molecule has 1 fully saturated rings. The number of rotatable bonds is 5. The van der Waals surface area contributed by atoms with Gasteiger partial charge in [0.1, 0.15) is 0 Å². The van der Waals surface area contributed by atoms with Gasteiger partial charge in [-0.15, -0.1) is 0 Å². The van der Waals surface area contributed by atoms with Crippen molar-refractivity contribution >= 4 is 11.9 Å². The van der Waals surface area contributed by atoms with Crippen molar-refractivity contribution in [2.24, 2.45) is 5.92 Å². The van der Waals surface area contributed by atoms with Crippen LogP contribution in [-0.2, 0) is 9.59 Å². The topological polar surface area (TPSA) is 60.9 Å². The van der Waals surface area contributed by atoms with Crippen LogP contribution in [0.3, 0.4) is 0 Å². The highest BCUT2D eigenvalue weighted by atomic mass is 16.4. The summed E-state index contributed by atoms with van der Waals surface area (Å²) in [6.07, 6.45) is 0.641. The number of carbonyl (C=O) groups is 2. The Labute approximate surface area is 102 Å². The second kappa shape index (κ2) is 6.00. The maximum Gasteiger partial charge on any atom is 0.308 e. The summed E-state index contributed by atoms with van der Waals surface area (Å²) < 4.78 is 0. The lowest BCUT2D eigenvalue weighted by atomic mass is 10.0. The second-order valence-electron chi connectivity index (χ2n) is 4.51. The van der Waals surface area contributed by atoms with E-state index in [0.29, 0.717) is 32.6 Å². The predicted octanol–water partition coefficient (Wildman–Crippen LogP) is 0.650. The van der Waals surface area contributed by atoms with Gasteiger partial charge in [-0.05, 0) is 33.7 Å². The van der Waals surface area contributed by atoms with E-state index in [0.717, 1.165) is 0 Å². The van der Waals surface area contributed by atoms with Gasteiger partial charge in [0, 0.05) is 19.1 Å². The van der Waals surface area contributed by atoms with Crippen molar-refractivity contribution in [1.82, 2.24) is 9.80 Å². The van der Waals surface area contributed by atoms with E-state index in [2.05, 4.69) is 0 Å². The summed E-state index contributed by atoms with van der Waals surface area (Å²) in [5.41, 5.74) is 0. The van der Waals surface area contributed by atoms with Gasteiger partial charge in [-0.2, -0.15) is 0 Å². The zero-order valence-electron chi connectivity index (χ0n) is 10.8. The van der Waals surface area contributed by atoms with Gasteiger partial charge in [-0.1, -0.05) is 0 Å². The van der Waals surface area contributed by atoms with Gasteiger partial charge in [0.2, 0.25) is 5.91 Å². The largest absolute Gasteiger partial charge is 0.481 e. The molecule has 1 N–H and O–H groups in total. The molecular weight excluding hydrogens is 220 g/mol. The van der Waals surface area contributed by atoms with Crippen LogP contribution in [0.2, 0.25) is 0 Å². The van der Waals surface area contributed by atoms with Gasteiger partial charge in [-0.3, -0.25) is 14.5 Å². The number of carbonyl (C=O) groups excluding carboxylic acids is 1. The van der Waals surface area contributed by atoms with Crippen LogP contribution in [0.25, 0.3) is 0 Å². The maximum atomic E-state index is 11.9. The Bertz CT molecular complexity index is 289. The Kier molecular flexibility index (Phi) is 4.93. The van der Waals surface area contributed by atoms with Crippen LogP contribution in [0.4, 0.5) is 0 Å². The maximum absolute atomic E-state index is 11.9. The van der Waals surface area contributed by atoms with Crippen LogP contribution in [-0.4, -0.2) is 59.0 Å². The smallest absolute Gasteiger partial charge is 0.308 e. The highest BCUT2D eigenvalue weighted by Gasteiger charge is 2.36. The Morgan fingerprint density at radius 3 is 2.35 bits per heavy atom. The van der Waals surface area contributed by atoms with Crippen molar-refractivity contribution in [2.45, 2.75) is 33.2 Å². The lowest BCUT2D eigenvalue weighted by Gasteiger charge is -2.26. The molecule has 1 heterocycles. The molecule has 0 aromatic heterocycles. The molecule has 1 saturated heterocycles. The van der Waals surface area contributed by atoms with Gasteiger partial charge >= 0.3 is 5.97 Å². The van der Waals surface area contributed by atoms with Gasteiger partial charge in [0.05, 0.1) is 12.5 Å². The number of aliphatic carboxylic acids is 1. The third-order valence-electron chi connectivity index (χ3n) is 3.66. The zero-order chi connectivity index (χ0) is 13.0. The van der Waals surface area contributed by atoms with Crippen molar-refractivity contribution in [2.75, 3.05) is 26.2 Å².